The van der Waals surface area contributed by atoms with Gasteiger partial charge in [0.15, 0.2) is 0 Å². The molecule has 0 atom stereocenters. The van der Waals surface area contributed by atoms with Gasteiger partial charge in [-0.1, -0.05) is 30.3 Å². The summed E-state index contributed by atoms with van der Waals surface area (Å²) in [5.41, 5.74) is 1.76. The van der Waals surface area contributed by atoms with Crippen molar-refractivity contribution in [2.24, 2.45) is 0 Å². The van der Waals surface area contributed by atoms with Crippen LogP contribution in [0.4, 0.5) is 0 Å². The Hall–Kier alpha value is -2.56. The van der Waals surface area contributed by atoms with Crippen LogP contribution in [0.15, 0.2) is 53.3 Å². The number of benzene rings is 1. The van der Waals surface area contributed by atoms with Crippen molar-refractivity contribution in [3.63, 3.8) is 0 Å². The predicted molar refractivity (Wildman–Crippen MR) is 90.5 cm³/mol. The van der Waals surface area contributed by atoms with Gasteiger partial charge in [-0.2, -0.15) is 0 Å². The van der Waals surface area contributed by atoms with Crippen molar-refractivity contribution in [1.82, 2.24) is 10.2 Å². The van der Waals surface area contributed by atoms with E-state index in [0.29, 0.717) is 25.1 Å². The highest BCUT2D eigenvalue weighted by Gasteiger charge is 2.24. The fourth-order valence-corrected chi connectivity index (χ4v) is 3.00. The molecular formula is C19H22N2O3. The smallest absolute Gasteiger partial charge is 0.257 e. The highest BCUT2D eigenvalue weighted by atomic mass is 16.3. The van der Waals surface area contributed by atoms with E-state index in [4.69, 9.17) is 4.42 Å². The molecule has 0 unspecified atom stereocenters. The average Bonchev–Trinajstić information content (AvgIpc) is 3.16. The first-order chi connectivity index (χ1) is 11.7. The van der Waals surface area contributed by atoms with Gasteiger partial charge in [-0.15, -0.1) is 0 Å². The first-order valence-corrected chi connectivity index (χ1v) is 8.37. The van der Waals surface area contributed by atoms with Crippen molar-refractivity contribution >= 4 is 11.8 Å². The van der Waals surface area contributed by atoms with Crippen molar-refractivity contribution in [1.29, 1.82) is 0 Å². The van der Waals surface area contributed by atoms with Crippen molar-refractivity contribution in [2.75, 3.05) is 13.1 Å². The highest BCUT2D eigenvalue weighted by Crippen LogP contribution is 2.14. The number of carbonyl (C=O) groups is 2. The van der Waals surface area contributed by atoms with Crippen molar-refractivity contribution in [3.05, 3.63) is 60.1 Å². The molecule has 0 spiro atoms. The summed E-state index contributed by atoms with van der Waals surface area (Å²) in [6.45, 7) is 1.32. The highest BCUT2D eigenvalue weighted by molar-refractivity contribution is 5.93. The monoisotopic (exact) mass is 326 g/mol. The van der Waals surface area contributed by atoms with E-state index in [-0.39, 0.29) is 17.9 Å². The maximum absolute atomic E-state index is 12.2. The third kappa shape index (κ3) is 4.25. The summed E-state index contributed by atoms with van der Waals surface area (Å²) in [5, 5.41) is 3.09. The minimum atomic E-state index is -0.00222. The molecule has 1 aromatic heterocycles. The Kier molecular flexibility index (Phi) is 5.31. The van der Waals surface area contributed by atoms with E-state index < -0.39 is 0 Å². The van der Waals surface area contributed by atoms with Crippen LogP contribution in [0.5, 0.6) is 0 Å². The number of hydrogen-bond acceptors (Lipinski definition) is 3. The molecule has 1 aliphatic rings. The van der Waals surface area contributed by atoms with Crippen LogP contribution in [0, 0.1) is 0 Å². The molecule has 2 aromatic rings. The van der Waals surface area contributed by atoms with Crippen molar-refractivity contribution in [2.45, 2.75) is 31.7 Å². The van der Waals surface area contributed by atoms with E-state index in [1.807, 2.05) is 35.2 Å². The molecule has 0 aliphatic carbocycles. The molecule has 0 bridgehead atoms. The van der Waals surface area contributed by atoms with E-state index in [9.17, 15) is 9.59 Å². The number of rotatable bonds is 5. The van der Waals surface area contributed by atoms with Gasteiger partial charge in [-0.3, -0.25) is 9.59 Å². The topological polar surface area (TPSA) is 62.6 Å². The zero-order valence-electron chi connectivity index (χ0n) is 13.6. The normalized spacial score (nSPS) is 15.2. The lowest BCUT2D eigenvalue weighted by Gasteiger charge is -2.32. The second-order valence-corrected chi connectivity index (χ2v) is 6.13. The quantitative estimate of drug-likeness (QED) is 0.919. The summed E-state index contributed by atoms with van der Waals surface area (Å²) >= 11 is 0. The Labute approximate surface area is 141 Å². The summed E-state index contributed by atoms with van der Waals surface area (Å²) in [6.07, 6.45) is 5.82. The van der Waals surface area contributed by atoms with Gasteiger partial charge in [0, 0.05) is 25.6 Å². The second-order valence-electron chi connectivity index (χ2n) is 6.13. The lowest BCUT2D eigenvalue weighted by atomic mass is 10.0. The zero-order valence-corrected chi connectivity index (χ0v) is 13.6. The molecule has 24 heavy (non-hydrogen) atoms. The lowest BCUT2D eigenvalue weighted by molar-refractivity contribution is -0.122. The number of likely N-dealkylation sites (tertiary alicyclic amines) is 1. The number of hydrogen-bond donors (Lipinski definition) is 1. The van der Waals surface area contributed by atoms with Crippen LogP contribution < -0.4 is 5.32 Å². The van der Waals surface area contributed by atoms with Crippen LogP contribution in [0.25, 0.3) is 0 Å². The lowest BCUT2D eigenvalue weighted by Crippen LogP contribution is -2.46. The summed E-state index contributed by atoms with van der Waals surface area (Å²) in [7, 11) is 0. The molecule has 1 saturated heterocycles. The molecular weight excluding hydrogens is 304 g/mol. The van der Waals surface area contributed by atoms with E-state index in [2.05, 4.69) is 5.32 Å². The summed E-state index contributed by atoms with van der Waals surface area (Å²) in [4.78, 5) is 26.1. The van der Waals surface area contributed by atoms with Gasteiger partial charge in [-0.25, -0.2) is 0 Å². The molecule has 3 rings (SSSR count). The molecule has 0 radical (unpaired) electrons. The predicted octanol–water partition coefficient (Wildman–Crippen LogP) is 2.63. The number of piperidine rings is 1. The fourth-order valence-electron chi connectivity index (χ4n) is 3.00. The van der Waals surface area contributed by atoms with E-state index in [0.717, 1.165) is 19.3 Å². The SMILES string of the molecule is O=C(CCc1ccccc1)NC1CCN(C(=O)c2ccoc2)CC1. The molecule has 1 aliphatic heterocycles. The second kappa shape index (κ2) is 7.81. The van der Waals surface area contributed by atoms with Gasteiger partial charge in [0.2, 0.25) is 5.91 Å². The molecule has 2 amide bonds. The molecule has 1 aromatic carbocycles. The fraction of sp³-hybridized carbons (Fsp3) is 0.368. The summed E-state index contributed by atoms with van der Waals surface area (Å²) in [6, 6.07) is 11.9. The molecule has 1 fully saturated rings. The van der Waals surface area contributed by atoms with Gasteiger partial charge < -0.3 is 14.6 Å². The Morgan fingerprint density at radius 2 is 1.88 bits per heavy atom. The van der Waals surface area contributed by atoms with Gasteiger partial charge in [0.25, 0.3) is 5.91 Å². The Morgan fingerprint density at radius 3 is 2.54 bits per heavy atom. The minimum absolute atomic E-state index is 0.00222. The first-order valence-electron chi connectivity index (χ1n) is 8.37. The molecule has 126 valence electrons. The number of amides is 2. The van der Waals surface area contributed by atoms with Crippen LogP contribution >= 0.6 is 0 Å². The first kappa shape index (κ1) is 16.3. The van der Waals surface area contributed by atoms with Crippen LogP contribution in [0.3, 0.4) is 0 Å². The number of nitrogens with one attached hydrogen (secondary N) is 1. The van der Waals surface area contributed by atoms with Crippen LogP contribution in [-0.4, -0.2) is 35.8 Å². The van der Waals surface area contributed by atoms with Crippen LogP contribution in [0.1, 0.15) is 35.2 Å². The van der Waals surface area contributed by atoms with Crippen molar-refractivity contribution in [3.8, 4) is 0 Å². The Bertz CT molecular complexity index is 659. The van der Waals surface area contributed by atoms with E-state index in [1.54, 1.807) is 6.07 Å². The molecule has 2 heterocycles. The number of carbonyl (C=O) groups excluding carboxylic acids is 2. The van der Waals surface area contributed by atoms with E-state index in [1.165, 1.54) is 18.1 Å². The minimum Gasteiger partial charge on any atom is -0.472 e. The van der Waals surface area contributed by atoms with Gasteiger partial charge in [0.1, 0.15) is 6.26 Å². The molecule has 1 N–H and O–H groups in total. The number of nitrogens with zero attached hydrogens (tertiary/aromatic N) is 1. The van der Waals surface area contributed by atoms with E-state index >= 15 is 0 Å². The standard InChI is InChI=1S/C19H22N2O3/c22-18(7-6-15-4-2-1-3-5-15)20-17-8-11-21(12-9-17)19(23)16-10-13-24-14-16/h1-5,10,13-14,17H,6-9,11-12H2,(H,20,22). The molecule has 0 saturated carbocycles. The van der Waals surface area contributed by atoms with Crippen molar-refractivity contribution < 1.29 is 14.0 Å². The maximum atomic E-state index is 12.2. The number of aryl methyl sites for hydroxylation is 1. The average molecular weight is 326 g/mol. The van der Waals surface area contributed by atoms with Gasteiger partial charge in [-0.05, 0) is 30.9 Å². The summed E-state index contributed by atoms with van der Waals surface area (Å²) in [5.74, 6) is 0.0797. The number of furan rings is 1. The zero-order chi connectivity index (χ0) is 16.8. The Balaban J connectivity index is 1.40. The third-order valence-electron chi connectivity index (χ3n) is 4.40. The van der Waals surface area contributed by atoms with Gasteiger partial charge in [0.05, 0.1) is 11.8 Å². The molecule has 5 heteroatoms. The van der Waals surface area contributed by atoms with Gasteiger partial charge >= 0.3 is 0 Å². The van der Waals surface area contributed by atoms with Crippen LogP contribution in [-0.2, 0) is 11.2 Å². The maximum Gasteiger partial charge on any atom is 0.257 e. The molecule has 5 nitrogen and oxygen atoms in total. The summed E-state index contributed by atoms with van der Waals surface area (Å²) < 4.78 is 4.96. The largest absolute Gasteiger partial charge is 0.472 e. The Morgan fingerprint density at radius 1 is 1.12 bits per heavy atom. The van der Waals surface area contributed by atoms with Crippen LogP contribution in [0.2, 0.25) is 0 Å². The third-order valence-corrected chi connectivity index (χ3v) is 4.40.